The summed E-state index contributed by atoms with van der Waals surface area (Å²) in [6, 6.07) is 9.91. The van der Waals surface area contributed by atoms with Crippen LogP contribution in [0.3, 0.4) is 0 Å². The Bertz CT molecular complexity index is 536. The van der Waals surface area contributed by atoms with E-state index in [0.29, 0.717) is 12.1 Å². The number of hydrogen-bond acceptors (Lipinski definition) is 3. The van der Waals surface area contributed by atoms with Gasteiger partial charge in [0.05, 0.1) is 6.54 Å². The molecule has 1 aromatic heterocycles. The van der Waals surface area contributed by atoms with Crippen molar-refractivity contribution in [3.05, 3.63) is 46.1 Å². The van der Waals surface area contributed by atoms with Crippen LogP contribution in [0.2, 0.25) is 0 Å². The van der Waals surface area contributed by atoms with Crippen LogP contribution in [0.5, 0.6) is 0 Å². The Morgan fingerprint density at radius 1 is 1.38 bits per heavy atom. The first-order chi connectivity index (χ1) is 7.69. The van der Waals surface area contributed by atoms with Crippen molar-refractivity contribution in [1.82, 2.24) is 9.78 Å². The molecule has 0 unspecified atom stereocenters. The summed E-state index contributed by atoms with van der Waals surface area (Å²) in [5.74, 6) is 0.277. The highest BCUT2D eigenvalue weighted by Gasteiger charge is 2.04. The quantitative estimate of drug-likeness (QED) is 0.914. The molecule has 0 saturated carbocycles. The summed E-state index contributed by atoms with van der Waals surface area (Å²) in [6.07, 6.45) is 1.65. The number of nitrogens with two attached hydrogens (primary N) is 1. The molecular weight excluding hydrogens is 268 g/mol. The van der Waals surface area contributed by atoms with Crippen molar-refractivity contribution in [2.24, 2.45) is 0 Å². The summed E-state index contributed by atoms with van der Waals surface area (Å²) in [4.78, 5) is 0. The van der Waals surface area contributed by atoms with Gasteiger partial charge in [0, 0.05) is 10.7 Å². The Morgan fingerprint density at radius 3 is 2.62 bits per heavy atom. The molecule has 0 aliphatic heterocycles. The largest absolute Gasteiger partial charge is 0.381 e. The number of nitriles is 1. The Balaban J connectivity index is 2.21. The van der Waals surface area contributed by atoms with Gasteiger partial charge in [-0.3, -0.25) is 4.68 Å². The van der Waals surface area contributed by atoms with E-state index in [2.05, 4.69) is 21.0 Å². The van der Waals surface area contributed by atoms with Gasteiger partial charge in [0.2, 0.25) is 0 Å². The molecule has 0 aliphatic rings. The maximum atomic E-state index is 8.74. The maximum Gasteiger partial charge on any atom is 0.163 e. The van der Waals surface area contributed by atoms with E-state index >= 15 is 0 Å². The highest BCUT2D eigenvalue weighted by molar-refractivity contribution is 9.10. The Labute approximate surface area is 101 Å². The summed E-state index contributed by atoms with van der Waals surface area (Å²) in [5, 5.41) is 12.8. The van der Waals surface area contributed by atoms with Crippen LogP contribution in [0.25, 0.3) is 0 Å². The highest BCUT2D eigenvalue weighted by atomic mass is 79.9. The van der Waals surface area contributed by atoms with Crippen LogP contribution >= 0.6 is 15.9 Å². The van der Waals surface area contributed by atoms with Gasteiger partial charge < -0.3 is 5.73 Å². The van der Waals surface area contributed by atoms with Crippen molar-refractivity contribution < 1.29 is 0 Å². The molecule has 0 fully saturated rings. The standard InChI is InChI=1S/C11H9BrN4/c12-10-3-1-8(2-4-10)6-16-7-9(5-13)11(14)15-16/h1-4,7H,6H2,(H2,14,15). The Hall–Kier alpha value is -1.80. The lowest BCUT2D eigenvalue weighted by Crippen LogP contribution is -2.00. The predicted octanol–water partition coefficient (Wildman–Crippen LogP) is 2.15. The number of hydrogen-bond donors (Lipinski definition) is 1. The Morgan fingerprint density at radius 2 is 2.06 bits per heavy atom. The molecule has 5 heteroatoms. The van der Waals surface area contributed by atoms with E-state index in [1.54, 1.807) is 10.9 Å². The van der Waals surface area contributed by atoms with Crippen LogP contribution in [0.1, 0.15) is 11.1 Å². The molecular formula is C11H9BrN4. The van der Waals surface area contributed by atoms with Gasteiger partial charge >= 0.3 is 0 Å². The van der Waals surface area contributed by atoms with Crippen LogP contribution in [0.4, 0.5) is 5.82 Å². The highest BCUT2D eigenvalue weighted by Crippen LogP contribution is 2.13. The van der Waals surface area contributed by atoms with Gasteiger partial charge in [0.25, 0.3) is 0 Å². The molecule has 1 heterocycles. The lowest BCUT2D eigenvalue weighted by Gasteiger charge is -2.01. The van der Waals surface area contributed by atoms with Crippen LogP contribution in [0.15, 0.2) is 34.9 Å². The first-order valence-electron chi connectivity index (χ1n) is 4.66. The van der Waals surface area contributed by atoms with Gasteiger partial charge in [-0.1, -0.05) is 28.1 Å². The molecule has 0 saturated heterocycles. The van der Waals surface area contributed by atoms with Crippen molar-refractivity contribution >= 4 is 21.7 Å². The van der Waals surface area contributed by atoms with E-state index in [0.717, 1.165) is 10.0 Å². The van der Waals surface area contributed by atoms with Gasteiger partial charge in [-0.2, -0.15) is 10.4 Å². The molecule has 0 amide bonds. The van der Waals surface area contributed by atoms with Crippen LogP contribution in [0, 0.1) is 11.3 Å². The van der Waals surface area contributed by atoms with E-state index in [-0.39, 0.29) is 5.82 Å². The zero-order chi connectivity index (χ0) is 11.5. The minimum absolute atomic E-state index is 0.277. The summed E-state index contributed by atoms with van der Waals surface area (Å²) in [7, 11) is 0. The second-order valence-electron chi connectivity index (χ2n) is 3.36. The van der Waals surface area contributed by atoms with E-state index in [4.69, 9.17) is 11.0 Å². The number of benzene rings is 1. The second kappa shape index (κ2) is 4.37. The normalized spacial score (nSPS) is 10.0. The lowest BCUT2D eigenvalue weighted by atomic mass is 10.2. The number of halogens is 1. The lowest BCUT2D eigenvalue weighted by molar-refractivity contribution is 0.690. The van der Waals surface area contributed by atoms with E-state index < -0.39 is 0 Å². The minimum atomic E-state index is 0.277. The SMILES string of the molecule is N#Cc1cn(Cc2ccc(Br)cc2)nc1N. The third-order valence-electron chi connectivity index (χ3n) is 2.17. The third kappa shape index (κ3) is 2.23. The Kier molecular flexibility index (Phi) is 2.93. The first-order valence-corrected chi connectivity index (χ1v) is 5.46. The average Bonchev–Trinajstić information content (AvgIpc) is 2.62. The summed E-state index contributed by atoms with van der Waals surface area (Å²) in [6.45, 7) is 0.610. The summed E-state index contributed by atoms with van der Waals surface area (Å²) in [5.41, 5.74) is 7.09. The van der Waals surface area contributed by atoms with Crippen molar-refractivity contribution in [2.45, 2.75) is 6.54 Å². The number of aromatic nitrogens is 2. The van der Waals surface area contributed by atoms with Crippen molar-refractivity contribution in [2.75, 3.05) is 5.73 Å². The summed E-state index contributed by atoms with van der Waals surface area (Å²) < 4.78 is 2.70. The number of nitrogens with zero attached hydrogens (tertiary/aromatic N) is 3. The molecule has 0 atom stereocenters. The molecule has 0 radical (unpaired) electrons. The fraction of sp³-hybridized carbons (Fsp3) is 0.0909. The van der Waals surface area contributed by atoms with Crippen molar-refractivity contribution in [1.29, 1.82) is 5.26 Å². The maximum absolute atomic E-state index is 8.74. The molecule has 0 spiro atoms. The smallest absolute Gasteiger partial charge is 0.163 e. The monoisotopic (exact) mass is 276 g/mol. The number of rotatable bonds is 2. The molecule has 80 valence electrons. The molecule has 0 bridgehead atoms. The fourth-order valence-electron chi connectivity index (χ4n) is 1.38. The molecule has 0 aliphatic carbocycles. The third-order valence-corrected chi connectivity index (χ3v) is 2.70. The molecule has 2 aromatic rings. The van der Waals surface area contributed by atoms with Gasteiger partial charge in [0.15, 0.2) is 5.82 Å². The predicted molar refractivity (Wildman–Crippen MR) is 64.6 cm³/mol. The van der Waals surface area contributed by atoms with Crippen molar-refractivity contribution in [3.63, 3.8) is 0 Å². The van der Waals surface area contributed by atoms with E-state index in [1.165, 1.54) is 0 Å². The molecule has 4 nitrogen and oxygen atoms in total. The van der Waals surface area contributed by atoms with Crippen molar-refractivity contribution in [3.8, 4) is 6.07 Å². The van der Waals surface area contributed by atoms with E-state index in [1.807, 2.05) is 30.3 Å². The van der Waals surface area contributed by atoms with Crippen LogP contribution in [-0.2, 0) is 6.54 Å². The fourth-order valence-corrected chi connectivity index (χ4v) is 1.64. The molecule has 1 aromatic carbocycles. The zero-order valence-corrected chi connectivity index (χ0v) is 9.98. The first kappa shape index (κ1) is 10.7. The van der Waals surface area contributed by atoms with Gasteiger partial charge in [-0.05, 0) is 17.7 Å². The minimum Gasteiger partial charge on any atom is -0.381 e. The van der Waals surface area contributed by atoms with E-state index in [9.17, 15) is 0 Å². The summed E-state index contributed by atoms with van der Waals surface area (Å²) >= 11 is 3.37. The number of nitrogen functional groups attached to an aromatic ring is 1. The molecule has 16 heavy (non-hydrogen) atoms. The van der Waals surface area contributed by atoms with Gasteiger partial charge in [0.1, 0.15) is 11.6 Å². The topological polar surface area (TPSA) is 67.6 Å². The molecule has 2 N–H and O–H groups in total. The van der Waals surface area contributed by atoms with Crippen LogP contribution < -0.4 is 5.73 Å². The second-order valence-corrected chi connectivity index (χ2v) is 4.28. The number of anilines is 1. The zero-order valence-electron chi connectivity index (χ0n) is 8.39. The average molecular weight is 277 g/mol. The molecule has 2 rings (SSSR count). The van der Waals surface area contributed by atoms with Crippen LogP contribution in [-0.4, -0.2) is 9.78 Å². The van der Waals surface area contributed by atoms with Gasteiger partial charge in [-0.15, -0.1) is 0 Å². The van der Waals surface area contributed by atoms with Gasteiger partial charge in [-0.25, -0.2) is 0 Å².